The van der Waals surface area contributed by atoms with Gasteiger partial charge in [0, 0.05) is 30.4 Å². The lowest BCUT2D eigenvalue weighted by Gasteiger charge is -2.29. The van der Waals surface area contributed by atoms with Gasteiger partial charge in [0.1, 0.15) is 22.2 Å². The van der Waals surface area contributed by atoms with Crippen molar-refractivity contribution in [3.8, 4) is 11.5 Å². The number of nitrogens with zero attached hydrogens (tertiary/aromatic N) is 2. The van der Waals surface area contributed by atoms with Gasteiger partial charge in [0.15, 0.2) is 0 Å². The smallest absolute Gasteiger partial charge is 0.283 e. The van der Waals surface area contributed by atoms with Gasteiger partial charge in [0.25, 0.3) is 17.7 Å². The average Bonchev–Trinajstić information content (AvgIpc) is 3.14. The second kappa shape index (κ2) is 9.99. The van der Waals surface area contributed by atoms with E-state index in [0.29, 0.717) is 35.8 Å². The molecular formula is C28H24ClN3O5. The van der Waals surface area contributed by atoms with Crippen molar-refractivity contribution in [1.29, 1.82) is 0 Å². The summed E-state index contributed by atoms with van der Waals surface area (Å²) in [5.74, 6) is -0.704. The van der Waals surface area contributed by atoms with Crippen LogP contribution in [-0.4, -0.2) is 43.4 Å². The van der Waals surface area contributed by atoms with Crippen LogP contribution in [0.15, 0.2) is 77.5 Å². The summed E-state index contributed by atoms with van der Waals surface area (Å²) >= 11 is 6.32. The van der Waals surface area contributed by atoms with Crippen molar-refractivity contribution < 1.29 is 23.9 Å². The maximum Gasteiger partial charge on any atom is 0.283 e. The number of anilines is 2. The summed E-state index contributed by atoms with van der Waals surface area (Å²) in [6, 6.07) is 19.7. The molecule has 37 heavy (non-hydrogen) atoms. The van der Waals surface area contributed by atoms with Crippen LogP contribution in [0.25, 0.3) is 0 Å². The van der Waals surface area contributed by atoms with E-state index in [2.05, 4.69) is 11.4 Å². The molecule has 8 nitrogen and oxygen atoms in total. The van der Waals surface area contributed by atoms with E-state index in [0.717, 1.165) is 16.9 Å². The molecule has 2 aliphatic heterocycles. The Morgan fingerprint density at radius 2 is 1.70 bits per heavy atom. The van der Waals surface area contributed by atoms with Crippen LogP contribution < -0.4 is 19.7 Å². The molecule has 188 valence electrons. The Balaban J connectivity index is 1.37. The zero-order valence-electron chi connectivity index (χ0n) is 20.3. The van der Waals surface area contributed by atoms with Gasteiger partial charge in [-0.15, -0.1) is 0 Å². The van der Waals surface area contributed by atoms with Crippen LogP contribution in [0, 0.1) is 0 Å². The van der Waals surface area contributed by atoms with Crippen molar-refractivity contribution in [2.75, 3.05) is 31.0 Å². The van der Waals surface area contributed by atoms with E-state index in [-0.39, 0.29) is 22.3 Å². The molecule has 1 N–H and O–H groups in total. The van der Waals surface area contributed by atoms with Gasteiger partial charge in [-0.3, -0.25) is 14.4 Å². The second-order valence-corrected chi connectivity index (χ2v) is 9.00. The van der Waals surface area contributed by atoms with Crippen molar-refractivity contribution in [2.45, 2.75) is 13.0 Å². The minimum absolute atomic E-state index is 0.0898. The molecule has 0 saturated carbocycles. The monoisotopic (exact) mass is 517 g/mol. The fourth-order valence-corrected chi connectivity index (χ4v) is 4.74. The number of nitrogens with one attached hydrogen (secondary N) is 1. The number of benzene rings is 3. The van der Waals surface area contributed by atoms with Gasteiger partial charge in [0.2, 0.25) is 0 Å². The van der Waals surface area contributed by atoms with Crippen molar-refractivity contribution in [1.82, 2.24) is 4.90 Å². The first-order valence-corrected chi connectivity index (χ1v) is 12.0. The number of rotatable bonds is 6. The maximum atomic E-state index is 13.3. The van der Waals surface area contributed by atoms with Gasteiger partial charge >= 0.3 is 0 Å². The number of carbonyl (C=O) groups is 3. The third kappa shape index (κ3) is 4.51. The number of carbonyl (C=O) groups excluding carboxylic acids is 3. The summed E-state index contributed by atoms with van der Waals surface area (Å²) in [6.07, 6.45) is 0.794. The summed E-state index contributed by atoms with van der Waals surface area (Å²) in [6.45, 7) is 1.16. The summed E-state index contributed by atoms with van der Waals surface area (Å²) in [4.78, 5) is 42.3. The second-order valence-electron chi connectivity index (χ2n) is 8.62. The van der Waals surface area contributed by atoms with Gasteiger partial charge in [0.05, 0.1) is 19.9 Å². The molecule has 0 aliphatic carbocycles. The Bertz CT molecular complexity index is 1450. The van der Waals surface area contributed by atoms with Crippen LogP contribution >= 0.6 is 11.6 Å². The van der Waals surface area contributed by atoms with E-state index in [1.807, 2.05) is 18.2 Å². The summed E-state index contributed by atoms with van der Waals surface area (Å²) in [5.41, 5.74) is 3.43. The Morgan fingerprint density at radius 3 is 2.46 bits per heavy atom. The number of hydrogen-bond donors (Lipinski definition) is 1. The molecule has 9 heteroatoms. The first-order valence-electron chi connectivity index (χ1n) is 11.6. The van der Waals surface area contributed by atoms with Crippen LogP contribution in [0.3, 0.4) is 0 Å². The van der Waals surface area contributed by atoms with Crippen LogP contribution in [-0.2, 0) is 22.6 Å². The molecule has 0 atom stereocenters. The Kier molecular flexibility index (Phi) is 6.58. The quantitative estimate of drug-likeness (QED) is 0.489. The van der Waals surface area contributed by atoms with Crippen molar-refractivity contribution >= 4 is 40.7 Å². The Labute approximate surface area is 219 Å². The molecule has 0 bridgehead atoms. The molecule has 5 rings (SSSR count). The van der Waals surface area contributed by atoms with Crippen LogP contribution in [0.1, 0.15) is 21.5 Å². The third-order valence-corrected chi connectivity index (χ3v) is 6.80. The first kappa shape index (κ1) is 24.4. The largest absolute Gasteiger partial charge is 0.497 e. The lowest BCUT2D eigenvalue weighted by Crippen LogP contribution is -2.36. The summed E-state index contributed by atoms with van der Waals surface area (Å²) in [7, 11) is 2.92. The lowest BCUT2D eigenvalue weighted by atomic mass is 9.99. The number of amides is 3. The molecule has 0 saturated heterocycles. The highest BCUT2D eigenvalue weighted by atomic mass is 35.5. The molecule has 0 unspecified atom stereocenters. The van der Waals surface area contributed by atoms with Gasteiger partial charge < -0.3 is 19.7 Å². The Morgan fingerprint density at radius 1 is 0.919 bits per heavy atom. The molecule has 0 spiro atoms. The molecule has 2 aliphatic rings. The van der Waals surface area contributed by atoms with Crippen LogP contribution in [0.2, 0.25) is 0 Å². The zero-order valence-corrected chi connectivity index (χ0v) is 21.0. The first-order chi connectivity index (χ1) is 17.9. The molecule has 3 aromatic rings. The number of hydrogen-bond acceptors (Lipinski definition) is 6. The predicted molar refractivity (Wildman–Crippen MR) is 140 cm³/mol. The maximum absolute atomic E-state index is 13.3. The molecule has 3 amide bonds. The SMILES string of the molecule is COc1ccc(OC)c(N2C(=O)C(Cl)=C(Nc3cccc(C(=O)N4CCc5ccccc5C4)c3)C2=O)c1. The fraction of sp³-hybridized carbons (Fsp3) is 0.179. The number of methoxy groups -OCH3 is 2. The van der Waals surface area contributed by atoms with E-state index in [1.165, 1.54) is 25.8 Å². The van der Waals surface area contributed by atoms with E-state index in [1.54, 1.807) is 41.3 Å². The minimum atomic E-state index is -0.695. The highest BCUT2D eigenvalue weighted by Gasteiger charge is 2.40. The molecule has 0 fully saturated rings. The molecule has 2 heterocycles. The van der Waals surface area contributed by atoms with E-state index in [9.17, 15) is 14.4 Å². The van der Waals surface area contributed by atoms with Gasteiger partial charge in [-0.2, -0.15) is 0 Å². The van der Waals surface area contributed by atoms with Crippen LogP contribution in [0.5, 0.6) is 11.5 Å². The van der Waals surface area contributed by atoms with Crippen LogP contribution in [0.4, 0.5) is 11.4 Å². The van der Waals surface area contributed by atoms with Crippen molar-refractivity contribution in [2.24, 2.45) is 0 Å². The molecular weight excluding hydrogens is 494 g/mol. The molecule has 0 aromatic heterocycles. The number of fused-ring (bicyclic) bond motifs is 1. The lowest BCUT2D eigenvalue weighted by molar-refractivity contribution is -0.120. The van der Waals surface area contributed by atoms with Crippen molar-refractivity contribution in [3.05, 3.63) is 94.1 Å². The molecule has 3 aromatic carbocycles. The summed E-state index contributed by atoms with van der Waals surface area (Å²) in [5, 5.41) is 2.68. The molecule has 0 radical (unpaired) electrons. The fourth-order valence-electron chi connectivity index (χ4n) is 4.53. The Hall–Kier alpha value is -4.30. The van der Waals surface area contributed by atoms with Gasteiger partial charge in [-0.25, -0.2) is 4.90 Å². The third-order valence-electron chi connectivity index (χ3n) is 6.45. The minimum Gasteiger partial charge on any atom is -0.497 e. The van der Waals surface area contributed by atoms with Crippen molar-refractivity contribution in [3.63, 3.8) is 0 Å². The zero-order chi connectivity index (χ0) is 26.1. The van der Waals surface area contributed by atoms with E-state index < -0.39 is 11.8 Å². The number of ether oxygens (including phenoxy) is 2. The number of imide groups is 1. The highest BCUT2D eigenvalue weighted by molar-refractivity contribution is 6.53. The summed E-state index contributed by atoms with van der Waals surface area (Å²) < 4.78 is 10.6. The highest BCUT2D eigenvalue weighted by Crippen LogP contribution is 2.38. The van der Waals surface area contributed by atoms with Gasteiger partial charge in [-0.05, 0) is 47.9 Å². The topological polar surface area (TPSA) is 88.2 Å². The average molecular weight is 518 g/mol. The van der Waals surface area contributed by atoms with E-state index >= 15 is 0 Å². The standard InChI is InChI=1S/C28H24ClN3O5/c1-36-21-10-11-23(37-2)22(15-21)32-27(34)24(29)25(28(32)35)30-20-9-5-8-18(14-20)26(33)31-13-12-17-6-3-4-7-19(17)16-31/h3-11,14-15,30H,12-13,16H2,1-2H3. The van der Waals surface area contributed by atoms with Gasteiger partial charge in [-0.1, -0.05) is 41.9 Å². The predicted octanol–water partition coefficient (Wildman–Crippen LogP) is 4.34. The number of halogens is 1. The normalized spacial score (nSPS) is 15.1. The van der Waals surface area contributed by atoms with E-state index in [4.69, 9.17) is 21.1 Å².